The van der Waals surface area contributed by atoms with E-state index in [9.17, 15) is 92.0 Å². The number of carboxylic acid groups (broad SMARTS) is 1. The average molecular weight is 2090 g/mol. The van der Waals surface area contributed by atoms with Crippen molar-refractivity contribution in [2.24, 2.45) is 23.3 Å². The van der Waals surface area contributed by atoms with E-state index in [0.29, 0.717) is 27.6 Å². The van der Waals surface area contributed by atoms with Crippen molar-refractivity contribution in [1.29, 1.82) is 0 Å². The SMILES string of the molecule is CC(=O)N[C@@H](CC(C)C)C(=O)N[C@H](C(=O)C(=O)[C@H](Cc1ccccc1)NN[C@]1(C)CCCCC#CC#CCCC[C@@](C)(C(=O)CN[C@@H](C)C(=O)CCN[C@@H](C)C(=O)CCN[C@@H](C)C(=O)CCN[C@@H](C)C(=O)CCN[C@@H](C)C(=O)CN[C@H](C)C(N)=O)NC(=O)[C@H](CC(C)C)NC(=O)[C@H](CCC(N)=O)NCN[C@@H](C)C(=O)CC(=O)[C@H](Cc2c[nH]c3ccccc23)NN[C@@H](Cc2ccc(O)cc2)C(=O)N[C@@H](CCC(=O)O)C(=O)C1=O)[C@@H](C)O. The maximum atomic E-state index is 15.6. The summed E-state index contributed by atoms with van der Waals surface area (Å²) in [4.78, 5) is 281. The van der Waals surface area contributed by atoms with Crippen LogP contribution < -0.4 is 102 Å². The highest BCUT2D eigenvalue weighted by atomic mass is 16.4. The number of phenolic OH excluding ortho intramolecular Hbond substituents is 1. The smallest absolute Gasteiger partial charge is 0.303 e. The number of aliphatic hydroxyl groups excluding tert-OH is 1. The molecule has 0 aliphatic carbocycles. The number of para-hydroxylation sites is 1. The van der Waals surface area contributed by atoms with Gasteiger partial charge in [-0.2, -0.15) is 0 Å². The number of aromatic hydroxyl groups is 1. The lowest BCUT2D eigenvalue weighted by Crippen LogP contribution is -2.65. The van der Waals surface area contributed by atoms with Crippen LogP contribution in [0.4, 0.5) is 0 Å². The molecular formula is C107H158N20O23. The molecule has 824 valence electrons. The van der Waals surface area contributed by atoms with Gasteiger partial charge in [-0.25, -0.2) is 21.7 Å². The van der Waals surface area contributed by atoms with Crippen LogP contribution in [0.25, 0.3) is 10.9 Å². The average Bonchev–Trinajstić information content (AvgIpc) is 1.46. The number of fused-ring (bicyclic) bond motifs is 1. The highest BCUT2D eigenvalue weighted by Gasteiger charge is 2.45. The molecule has 0 saturated carbocycles. The Bertz CT molecular complexity index is 5400. The Hall–Kier alpha value is -12.6. The minimum atomic E-state index is -2.15. The third-order valence-corrected chi connectivity index (χ3v) is 26.1. The highest BCUT2D eigenvalue weighted by Crippen LogP contribution is 2.25. The second-order valence-corrected chi connectivity index (χ2v) is 39.9. The second-order valence-electron chi connectivity index (χ2n) is 39.9. The van der Waals surface area contributed by atoms with Gasteiger partial charge in [0.15, 0.2) is 46.3 Å². The molecule has 2 heterocycles. The maximum Gasteiger partial charge on any atom is 0.303 e. The topological polar surface area (TPSA) is 674 Å². The summed E-state index contributed by atoms with van der Waals surface area (Å²) >= 11 is 0. The van der Waals surface area contributed by atoms with Crippen molar-refractivity contribution in [3.05, 3.63) is 102 Å². The molecule has 0 bridgehead atoms. The van der Waals surface area contributed by atoms with E-state index in [2.05, 4.69) is 119 Å². The number of aliphatic hydroxyl groups is 1. The van der Waals surface area contributed by atoms with Crippen molar-refractivity contribution >= 4 is 128 Å². The number of aromatic nitrogens is 1. The Kier molecular flexibility index (Phi) is 55.8. The minimum absolute atomic E-state index is 0.0208. The second kappa shape index (κ2) is 65.5. The summed E-state index contributed by atoms with van der Waals surface area (Å²) in [6.45, 7) is 23.3. The summed E-state index contributed by atoms with van der Waals surface area (Å²) in [6.07, 6.45) is -3.10. The number of amides is 7. The van der Waals surface area contributed by atoms with Crippen LogP contribution in [0.2, 0.25) is 0 Å². The Morgan fingerprint density at radius 1 is 0.520 bits per heavy atom. The monoisotopic (exact) mass is 2090 g/mol. The van der Waals surface area contributed by atoms with Gasteiger partial charge in [0.05, 0.1) is 103 Å². The fourth-order valence-corrected chi connectivity index (χ4v) is 16.3. The number of carbonyl (C=O) groups is 20. The van der Waals surface area contributed by atoms with Crippen molar-refractivity contribution in [2.75, 3.05) is 45.9 Å². The molecule has 18 atom stereocenters. The summed E-state index contributed by atoms with van der Waals surface area (Å²) < 4.78 is 0. The largest absolute Gasteiger partial charge is 0.508 e. The number of H-pyrrole nitrogens is 1. The number of nitrogens with one attached hydrogen (secondary N) is 18. The Morgan fingerprint density at radius 2 is 1.05 bits per heavy atom. The molecule has 43 nitrogen and oxygen atoms in total. The Labute approximate surface area is 877 Å². The van der Waals surface area contributed by atoms with Crippen LogP contribution in [0.5, 0.6) is 5.75 Å². The number of benzene rings is 3. The number of ketones is 12. The summed E-state index contributed by atoms with van der Waals surface area (Å²) in [6, 6.07) is 3.52. The first-order valence-electron chi connectivity index (χ1n) is 51.4. The van der Waals surface area contributed by atoms with Gasteiger partial charge in [-0.15, -0.1) is 0 Å². The van der Waals surface area contributed by atoms with E-state index in [1.54, 1.807) is 130 Å². The van der Waals surface area contributed by atoms with Crippen LogP contribution in [0, 0.1) is 35.5 Å². The Morgan fingerprint density at radius 3 is 1.61 bits per heavy atom. The molecule has 3 aromatic carbocycles. The first kappa shape index (κ1) is 128. The summed E-state index contributed by atoms with van der Waals surface area (Å²) in [5, 5.41) is 69.6. The third kappa shape index (κ3) is 45.7. The highest BCUT2D eigenvalue weighted by molar-refractivity contribution is 6.43. The number of rotatable bonds is 55. The van der Waals surface area contributed by atoms with Crippen LogP contribution in [0.15, 0.2) is 85.1 Å². The van der Waals surface area contributed by atoms with Crippen molar-refractivity contribution in [3.63, 3.8) is 0 Å². The normalized spacial score (nSPS) is 21.1. The first-order chi connectivity index (χ1) is 70.8. The molecule has 1 aliphatic rings. The van der Waals surface area contributed by atoms with E-state index < -0.39 is 221 Å². The van der Waals surface area contributed by atoms with Gasteiger partial charge in [0.1, 0.15) is 29.9 Å². The number of hydrogen-bond acceptors (Lipinski definition) is 34. The minimum Gasteiger partial charge on any atom is -0.508 e. The number of hydrogen-bond donors (Lipinski definition) is 23. The van der Waals surface area contributed by atoms with Gasteiger partial charge in [0.25, 0.3) is 0 Å². The summed E-state index contributed by atoms with van der Waals surface area (Å²) in [5.41, 5.74) is 20.7. The number of nitrogens with two attached hydrogens (primary N) is 2. The molecule has 0 spiro atoms. The van der Waals surface area contributed by atoms with Crippen molar-refractivity contribution < 1.29 is 111 Å². The number of Topliss-reactive ketones (excluding diaryl/α,β-unsaturated/α-hetero) is 12. The number of phenols is 1. The van der Waals surface area contributed by atoms with E-state index >= 15 is 19.2 Å². The van der Waals surface area contributed by atoms with Crippen LogP contribution in [-0.2, 0) is 115 Å². The molecule has 5 rings (SSSR count). The molecule has 0 fully saturated rings. The van der Waals surface area contributed by atoms with Gasteiger partial charge in [-0.3, -0.25) is 112 Å². The number of hydrazine groups is 2. The molecule has 0 radical (unpaired) electrons. The lowest BCUT2D eigenvalue weighted by atomic mass is 9.85. The van der Waals surface area contributed by atoms with Gasteiger partial charge in [-0.1, -0.05) is 107 Å². The van der Waals surface area contributed by atoms with Crippen LogP contribution >= 0.6 is 0 Å². The molecule has 0 saturated heterocycles. The number of carbonyl (C=O) groups excluding carboxylic acids is 19. The molecule has 7 amide bonds. The van der Waals surface area contributed by atoms with Gasteiger partial charge in [0.2, 0.25) is 64.5 Å². The number of primary amides is 2. The molecule has 43 heteroatoms. The van der Waals surface area contributed by atoms with Crippen LogP contribution in [0.1, 0.15) is 236 Å². The van der Waals surface area contributed by atoms with Gasteiger partial charge >= 0.3 is 5.97 Å². The Balaban J connectivity index is 1.47. The van der Waals surface area contributed by atoms with E-state index in [1.165, 1.54) is 52.0 Å². The number of aromatic amines is 1. The number of aliphatic carboxylic acids is 1. The predicted molar refractivity (Wildman–Crippen MR) is 562 cm³/mol. The van der Waals surface area contributed by atoms with Crippen LogP contribution in [-0.4, -0.2) is 291 Å². The fraction of sp³-hybridized carbons (Fsp3) is 0.589. The van der Waals surface area contributed by atoms with E-state index in [0.717, 1.165) is 6.92 Å². The zero-order valence-electron chi connectivity index (χ0n) is 88.9. The van der Waals surface area contributed by atoms with E-state index in [4.69, 9.17) is 11.5 Å². The molecular weight excluding hydrogens is 1930 g/mol. The van der Waals surface area contributed by atoms with Gasteiger partial charge < -0.3 is 84.9 Å². The van der Waals surface area contributed by atoms with Crippen molar-refractivity contribution in [2.45, 2.75) is 347 Å². The van der Waals surface area contributed by atoms with Crippen LogP contribution in [0.3, 0.4) is 0 Å². The molecule has 4 aromatic rings. The lowest BCUT2D eigenvalue weighted by Gasteiger charge is -2.33. The molecule has 1 aliphatic heterocycles. The van der Waals surface area contributed by atoms with Gasteiger partial charge in [0, 0.05) is 108 Å². The zero-order chi connectivity index (χ0) is 112. The maximum absolute atomic E-state index is 15.6. The van der Waals surface area contributed by atoms with Crippen molar-refractivity contribution in [1.82, 2.24) is 95.8 Å². The molecule has 150 heavy (non-hydrogen) atoms. The lowest BCUT2D eigenvalue weighted by molar-refractivity contribution is -0.144. The summed E-state index contributed by atoms with van der Waals surface area (Å²) in [7, 11) is 0. The zero-order valence-corrected chi connectivity index (χ0v) is 88.9. The summed E-state index contributed by atoms with van der Waals surface area (Å²) in [5.74, 6) is -4.10. The standard InChI is InChI=1S/C107H158N20O23/c1-62(2)52-83(119-72(13)129)103(148)122-96(71(12)128)99(144)97(142)82(54-73-30-24-23-25-31-73)126-127-107(15)47-29-22-20-18-16-17-19-21-28-46-106(14,93(138)60-115-67(8)89(134)45-50-112-65(6)87(132)43-48-110-64(5)86(131)42-49-111-66(7)88(133)44-51-113-69(10)92(137)59-114-70(11)101(109)146)123-105(150)84(53-63(3)4)121-102(147)80(38-40-94(108)139)118-61-117-68(9)90(135)57-91(136)81(56-75-58-116-78-33-27-26-32-77(75)78)124-125-85(55-74-34-36-76(130)37-35-74)104(149)120-79(39-41-95(140)141)98(143)100(107)145/h23-27,30-37,58,62-71,79-85,96,110-118,124-128,130H,20-22,28-29,38-57,59-61H2,1-15H3,(H2,108,139)(H2,109,146)(H,119,129)(H,120,149)(H,121,147)(H,122,148)(H,123,150)(H,140,141)/t64-,65-,66-,67-,68-,69-,70+,71+,79-,80-,81-,82-,83-,84-,85-,96-,106-,107+/m0/s1. The fourth-order valence-electron chi connectivity index (χ4n) is 16.3. The predicted octanol–water partition coefficient (Wildman–Crippen LogP) is 0.170. The van der Waals surface area contributed by atoms with E-state index in [-0.39, 0.29) is 201 Å². The first-order valence-corrected chi connectivity index (χ1v) is 51.4. The number of carboxylic acids is 1. The van der Waals surface area contributed by atoms with Crippen molar-refractivity contribution in [3.8, 4) is 29.4 Å². The molecule has 0 unspecified atom stereocenters. The van der Waals surface area contributed by atoms with Gasteiger partial charge in [-0.05, 0) is 198 Å². The molecule has 1 aromatic heterocycles. The third-order valence-electron chi connectivity index (χ3n) is 26.1. The quantitative estimate of drug-likeness (QED) is 0.0121. The molecule has 25 N–H and O–H groups in total. The van der Waals surface area contributed by atoms with E-state index in [1.807, 2.05) is 0 Å².